The fourth-order valence-corrected chi connectivity index (χ4v) is 5.16. The number of ether oxygens (including phenoxy) is 2. The average molecular weight is 437 g/mol. The van der Waals surface area contributed by atoms with Gasteiger partial charge in [0.15, 0.2) is 5.15 Å². The first-order chi connectivity index (χ1) is 15.2. The normalized spacial score (nSPS) is 25.9. The van der Waals surface area contributed by atoms with Gasteiger partial charge in [0.1, 0.15) is 11.9 Å². The number of nitrogens with zero attached hydrogens (tertiary/aromatic N) is 4. The van der Waals surface area contributed by atoms with Crippen LogP contribution in [0.2, 0.25) is 5.15 Å². The van der Waals surface area contributed by atoms with E-state index in [2.05, 4.69) is 32.7 Å². The highest BCUT2D eigenvalue weighted by Gasteiger charge is 2.44. The molecule has 6 nitrogen and oxygen atoms in total. The Bertz CT molecular complexity index is 1090. The summed E-state index contributed by atoms with van der Waals surface area (Å²) in [5, 5.41) is 9.50. The zero-order chi connectivity index (χ0) is 21.4. The van der Waals surface area contributed by atoms with Crippen LogP contribution >= 0.6 is 11.6 Å². The Morgan fingerprint density at radius 1 is 1.23 bits per heavy atom. The average Bonchev–Trinajstić information content (AvgIpc) is 2.83. The highest BCUT2D eigenvalue weighted by molar-refractivity contribution is 6.29. The second-order valence-corrected chi connectivity index (χ2v) is 8.65. The van der Waals surface area contributed by atoms with Gasteiger partial charge in [-0.2, -0.15) is 0 Å². The molecule has 0 saturated carbocycles. The van der Waals surface area contributed by atoms with E-state index in [9.17, 15) is 0 Å². The van der Waals surface area contributed by atoms with Crippen LogP contribution in [0.1, 0.15) is 24.5 Å². The van der Waals surface area contributed by atoms with Gasteiger partial charge in [-0.3, -0.25) is 9.88 Å². The lowest BCUT2D eigenvalue weighted by Crippen LogP contribution is -2.55. The second kappa shape index (κ2) is 8.44. The Morgan fingerprint density at radius 3 is 2.84 bits per heavy atom. The third-order valence-electron chi connectivity index (χ3n) is 6.65. The molecule has 1 aromatic carbocycles. The molecule has 0 N–H and O–H groups in total. The van der Waals surface area contributed by atoms with Gasteiger partial charge in [0.25, 0.3) is 0 Å². The predicted octanol–water partition coefficient (Wildman–Crippen LogP) is 4.70. The molecular formula is C24H25ClN4O2. The quantitative estimate of drug-likeness (QED) is 0.522. The maximum absolute atomic E-state index is 6.53. The molecule has 6 rings (SSSR count). The number of hydrogen-bond acceptors (Lipinski definition) is 6. The summed E-state index contributed by atoms with van der Waals surface area (Å²) in [6.45, 7) is 6.14. The van der Waals surface area contributed by atoms with Gasteiger partial charge in [0.05, 0.1) is 18.7 Å². The van der Waals surface area contributed by atoms with Gasteiger partial charge in [-0.25, -0.2) is 0 Å². The van der Waals surface area contributed by atoms with Crippen molar-refractivity contribution < 1.29 is 9.47 Å². The molecule has 0 aliphatic carbocycles. The molecular weight excluding hydrogens is 412 g/mol. The van der Waals surface area contributed by atoms with Gasteiger partial charge >= 0.3 is 0 Å². The minimum Gasteiger partial charge on any atom is -0.497 e. The van der Waals surface area contributed by atoms with Crippen molar-refractivity contribution >= 4 is 22.5 Å². The fourth-order valence-electron chi connectivity index (χ4n) is 5.06. The molecule has 0 spiro atoms. The summed E-state index contributed by atoms with van der Waals surface area (Å²) in [6, 6.07) is 11.7. The van der Waals surface area contributed by atoms with Crippen molar-refractivity contribution in [2.45, 2.75) is 25.0 Å². The minimum absolute atomic E-state index is 0.221. The van der Waals surface area contributed by atoms with Crippen LogP contribution in [0.5, 0.6) is 11.6 Å². The van der Waals surface area contributed by atoms with Crippen LogP contribution < -0.4 is 9.47 Å². The van der Waals surface area contributed by atoms with E-state index in [1.165, 1.54) is 6.42 Å². The third kappa shape index (κ3) is 3.86. The van der Waals surface area contributed by atoms with Gasteiger partial charge in [-0.15, -0.1) is 16.8 Å². The number of fused-ring (bicyclic) bond motifs is 4. The Morgan fingerprint density at radius 2 is 2.13 bits per heavy atom. The molecule has 3 fully saturated rings. The third-order valence-corrected chi connectivity index (χ3v) is 6.85. The molecule has 3 saturated heterocycles. The SMILES string of the molecule is C=C[C@H]1CN2CC[C@H]1C[C@@H]2[C@@H](Oc1ccc(Cl)nn1)c1ccnc2ccc(OC)cc12. The number of rotatable bonds is 6. The Kier molecular flexibility index (Phi) is 5.50. The first-order valence-corrected chi connectivity index (χ1v) is 11.0. The monoisotopic (exact) mass is 436 g/mol. The van der Waals surface area contributed by atoms with E-state index in [0.717, 1.165) is 41.7 Å². The smallest absolute Gasteiger partial charge is 0.234 e. The number of halogens is 1. The molecule has 7 heteroatoms. The van der Waals surface area contributed by atoms with Gasteiger partial charge in [-0.05, 0) is 61.6 Å². The van der Waals surface area contributed by atoms with Crippen LogP contribution in [0.15, 0.2) is 55.3 Å². The zero-order valence-electron chi connectivity index (χ0n) is 17.4. The molecule has 3 aliphatic rings. The molecule has 5 heterocycles. The highest BCUT2D eigenvalue weighted by Crippen LogP contribution is 2.43. The second-order valence-electron chi connectivity index (χ2n) is 8.26. The maximum atomic E-state index is 6.53. The van der Waals surface area contributed by atoms with Crippen molar-refractivity contribution in [3.05, 3.63) is 66.0 Å². The molecule has 3 aromatic rings. The number of benzene rings is 1. The molecule has 160 valence electrons. The number of methoxy groups -OCH3 is 1. The maximum Gasteiger partial charge on any atom is 0.234 e. The first-order valence-electron chi connectivity index (χ1n) is 10.6. The molecule has 2 aromatic heterocycles. The Balaban J connectivity index is 1.58. The summed E-state index contributed by atoms with van der Waals surface area (Å²) < 4.78 is 12.0. The van der Waals surface area contributed by atoms with E-state index < -0.39 is 0 Å². The summed E-state index contributed by atoms with van der Waals surface area (Å²) in [6.07, 6.45) is 5.99. The van der Waals surface area contributed by atoms with Gasteiger partial charge in [0, 0.05) is 29.8 Å². The molecule has 2 bridgehead atoms. The van der Waals surface area contributed by atoms with Crippen LogP contribution in [0.3, 0.4) is 0 Å². The van der Waals surface area contributed by atoms with E-state index in [-0.39, 0.29) is 12.1 Å². The van der Waals surface area contributed by atoms with E-state index in [1.807, 2.05) is 30.5 Å². The fraction of sp³-hybridized carbons (Fsp3) is 0.375. The summed E-state index contributed by atoms with van der Waals surface area (Å²) in [7, 11) is 1.68. The Labute approximate surface area is 186 Å². The van der Waals surface area contributed by atoms with Gasteiger partial charge in [0.2, 0.25) is 5.88 Å². The zero-order valence-corrected chi connectivity index (χ0v) is 18.2. The van der Waals surface area contributed by atoms with Crippen molar-refractivity contribution in [2.24, 2.45) is 11.8 Å². The number of piperidine rings is 3. The summed E-state index contributed by atoms with van der Waals surface area (Å²) in [5.74, 6) is 2.42. The van der Waals surface area contributed by atoms with E-state index in [0.29, 0.717) is 22.9 Å². The molecule has 0 amide bonds. The first kappa shape index (κ1) is 20.2. The lowest BCUT2D eigenvalue weighted by atomic mass is 9.73. The molecule has 0 radical (unpaired) electrons. The van der Waals surface area contributed by atoms with Crippen LogP contribution in [0, 0.1) is 11.8 Å². The number of pyridine rings is 1. The number of hydrogen-bond donors (Lipinski definition) is 0. The largest absolute Gasteiger partial charge is 0.497 e. The van der Waals surface area contributed by atoms with E-state index in [4.69, 9.17) is 21.1 Å². The van der Waals surface area contributed by atoms with Crippen LogP contribution in [-0.2, 0) is 0 Å². The van der Waals surface area contributed by atoms with Crippen LogP contribution in [-0.4, -0.2) is 46.3 Å². The lowest BCUT2D eigenvalue weighted by Gasteiger charge is -2.51. The lowest BCUT2D eigenvalue weighted by molar-refractivity contribution is -0.0370. The van der Waals surface area contributed by atoms with Gasteiger partial charge in [-0.1, -0.05) is 17.7 Å². The van der Waals surface area contributed by atoms with Crippen molar-refractivity contribution in [3.8, 4) is 11.6 Å². The topological polar surface area (TPSA) is 60.4 Å². The summed E-state index contributed by atoms with van der Waals surface area (Å²) in [5.41, 5.74) is 1.99. The molecule has 5 atom stereocenters. The van der Waals surface area contributed by atoms with Crippen molar-refractivity contribution in [1.29, 1.82) is 0 Å². The highest BCUT2D eigenvalue weighted by atomic mass is 35.5. The molecule has 1 unspecified atom stereocenters. The van der Waals surface area contributed by atoms with Crippen LogP contribution in [0.4, 0.5) is 0 Å². The standard InChI is InChI=1S/C24H25ClN4O2/c1-3-15-14-29-11-9-16(15)12-21(29)24(31-23-7-6-22(25)27-28-23)18-8-10-26-20-5-4-17(30-2)13-19(18)20/h3-8,10,13,15-16,21,24H,1,9,11-12,14H2,2H3/t15-,16-,21+,24-/m0/s1. The van der Waals surface area contributed by atoms with Crippen molar-refractivity contribution in [3.63, 3.8) is 0 Å². The summed E-state index contributed by atoms with van der Waals surface area (Å²) >= 11 is 5.94. The Hall–Kier alpha value is -2.70. The molecule has 3 aliphatic heterocycles. The summed E-state index contributed by atoms with van der Waals surface area (Å²) in [4.78, 5) is 7.09. The van der Waals surface area contributed by atoms with Gasteiger partial charge < -0.3 is 9.47 Å². The predicted molar refractivity (Wildman–Crippen MR) is 120 cm³/mol. The van der Waals surface area contributed by atoms with Crippen LogP contribution in [0.25, 0.3) is 10.9 Å². The number of aromatic nitrogens is 3. The van der Waals surface area contributed by atoms with E-state index >= 15 is 0 Å². The van der Waals surface area contributed by atoms with Crippen molar-refractivity contribution in [1.82, 2.24) is 20.1 Å². The minimum atomic E-state index is -0.221. The molecule has 31 heavy (non-hydrogen) atoms. The van der Waals surface area contributed by atoms with Crippen molar-refractivity contribution in [2.75, 3.05) is 20.2 Å². The van der Waals surface area contributed by atoms with E-state index in [1.54, 1.807) is 19.2 Å².